The zero-order valence-electron chi connectivity index (χ0n) is 12.1. The molecule has 19 heavy (non-hydrogen) atoms. The lowest BCUT2D eigenvalue weighted by molar-refractivity contribution is 0.0242. The molecule has 0 aliphatic heterocycles. The Balaban J connectivity index is 2.11. The Hall–Kier alpha value is -1.26. The molecule has 0 heterocycles. The molecular formula is C15H24N2O2. The molecule has 0 unspecified atom stereocenters. The number of nitrogens with two attached hydrogens (primary N) is 1. The third-order valence-electron chi connectivity index (χ3n) is 4.10. The number of hydrogen-bond donors (Lipinski definition) is 1. The molecule has 2 N–H and O–H groups in total. The van der Waals surface area contributed by atoms with E-state index in [1.54, 1.807) is 7.11 Å². The van der Waals surface area contributed by atoms with E-state index in [9.17, 15) is 0 Å². The number of ether oxygens (including phenoxy) is 1. The van der Waals surface area contributed by atoms with E-state index in [4.69, 9.17) is 15.5 Å². The quantitative estimate of drug-likeness (QED) is 0.849. The van der Waals surface area contributed by atoms with Crippen molar-refractivity contribution in [2.45, 2.75) is 44.8 Å². The zero-order valence-corrected chi connectivity index (χ0v) is 12.1. The van der Waals surface area contributed by atoms with Gasteiger partial charge in [0.2, 0.25) is 0 Å². The summed E-state index contributed by atoms with van der Waals surface area (Å²) in [7, 11) is 3.87. The molecule has 0 aromatic heterocycles. The molecule has 0 bridgehead atoms. The van der Waals surface area contributed by atoms with Crippen molar-refractivity contribution >= 4 is 5.69 Å². The van der Waals surface area contributed by atoms with Crippen molar-refractivity contribution in [1.29, 1.82) is 0 Å². The molecule has 0 saturated heterocycles. The summed E-state index contributed by atoms with van der Waals surface area (Å²) in [6.45, 7) is 2.11. The molecule has 1 saturated carbocycles. The van der Waals surface area contributed by atoms with Gasteiger partial charge in [0.05, 0.1) is 18.9 Å². The summed E-state index contributed by atoms with van der Waals surface area (Å²) in [5.74, 6) is 6.20. The predicted octanol–water partition coefficient (Wildman–Crippen LogP) is 2.64. The number of nitrogens with zero attached hydrogens (tertiary/aromatic N) is 1. The van der Waals surface area contributed by atoms with E-state index >= 15 is 0 Å². The largest absolute Gasteiger partial charge is 0.495 e. The van der Waals surface area contributed by atoms with Gasteiger partial charge in [-0.25, -0.2) is 5.90 Å². The Bertz CT molecular complexity index is 415. The van der Waals surface area contributed by atoms with E-state index in [1.807, 2.05) is 6.07 Å². The molecule has 4 heteroatoms. The smallest absolute Gasteiger partial charge is 0.142 e. The summed E-state index contributed by atoms with van der Waals surface area (Å²) < 4.78 is 5.47. The Labute approximate surface area is 115 Å². The molecule has 0 amide bonds. The number of hydrogen-bond acceptors (Lipinski definition) is 4. The van der Waals surface area contributed by atoms with Gasteiger partial charge >= 0.3 is 0 Å². The van der Waals surface area contributed by atoms with Crippen LogP contribution < -0.4 is 15.5 Å². The lowest BCUT2D eigenvalue weighted by Gasteiger charge is -2.36. The first kappa shape index (κ1) is 14.2. The van der Waals surface area contributed by atoms with Crippen molar-refractivity contribution in [3.63, 3.8) is 0 Å². The second kappa shape index (κ2) is 6.26. The Morgan fingerprint density at radius 2 is 1.89 bits per heavy atom. The van der Waals surface area contributed by atoms with Gasteiger partial charge in [-0.1, -0.05) is 6.07 Å². The maximum atomic E-state index is 5.47. The molecule has 106 valence electrons. The van der Waals surface area contributed by atoms with E-state index in [0.717, 1.165) is 31.4 Å². The Morgan fingerprint density at radius 3 is 2.47 bits per heavy atom. The van der Waals surface area contributed by atoms with Crippen molar-refractivity contribution in [3.05, 3.63) is 23.8 Å². The van der Waals surface area contributed by atoms with Crippen molar-refractivity contribution in [2.75, 3.05) is 19.1 Å². The van der Waals surface area contributed by atoms with Crippen LogP contribution in [0.5, 0.6) is 5.75 Å². The van der Waals surface area contributed by atoms with Gasteiger partial charge in [0.1, 0.15) is 5.75 Å². The molecular weight excluding hydrogens is 240 g/mol. The molecule has 0 spiro atoms. The van der Waals surface area contributed by atoms with E-state index in [2.05, 4.69) is 31.0 Å². The lowest BCUT2D eigenvalue weighted by atomic mass is 9.92. The summed E-state index contributed by atoms with van der Waals surface area (Å²) in [4.78, 5) is 7.28. The standard InChI is InChI=1S/C15H24N2O2/c1-11-4-9-15(18-3)14(10-11)17(2)12-5-7-13(19-16)8-6-12/h4,9-10,12-13H,5-8,16H2,1-3H3. The van der Waals surface area contributed by atoms with Crippen LogP contribution in [0.1, 0.15) is 31.2 Å². The van der Waals surface area contributed by atoms with Gasteiger partial charge in [0.15, 0.2) is 0 Å². The highest BCUT2D eigenvalue weighted by molar-refractivity contribution is 5.60. The maximum absolute atomic E-state index is 5.47. The molecule has 0 atom stereocenters. The zero-order chi connectivity index (χ0) is 13.8. The van der Waals surface area contributed by atoms with Crippen molar-refractivity contribution in [2.24, 2.45) is 5.90 Å². The van der Waals surface area contributed by atoms with Crippen LogP contribution >= 0.6 is 0 Å². The highest BCUT2D eigenvalue weighted by atomic mass is 16.6. The van der Waals surface area contributed by atoms with Crippen LogP contribution in [-0.4, -0.2) is 26.3 Å². The van der Waals surface area contributed by atoms with Crippen LogP contribution in [0.25, 0.3) is 0 Å². The number of methoxy groups -OCH3 is 1. The first-order chi connectivity index (χ1) is 9.15. The molecule has 1 aliphatic rings. The number of anilines is 1. The molecule has 0 radical (unpaired) electrons. The van der Waals surface area contributed by atoms with Gasteiger partial charge in [-0.15, -0.1) is 0 Å². The van der Waals surface area contributed by atoms with Gasteiger partial charge in [-0.3, -0.25) is 0 Å². The molecule has 4 nitrogen and oxygen atoms in total. The minimum Gasteiger partial charge on any atom is -0.495 e. The van der Waals surface area contributed by atoms with Crippen molar-refractivity contribution < 1.29 is 9.57 Å². The Morgan fingerprint density at radius 1 is 1.21 bits per heavy atom. The van der Waals surface area contributed by atoms with E-state index in [-0.39, 0.29) is 6.10 Å². The van der Waals surface area contributed by atoms with Gasteiger partial charge in [0, 0.05) is 13.1 Å². The average Bonchev–Trinajstić information content (AvgIpc) is 2.46. The molecule has 1 aromatic carbocycles. The van der Waals surface area contributed by atoms with Crippen LogP contribution in [0.15, 0.2) is 18.2 Å². The second-order valence-corrected chi connectivity index (χ2v) is 5.35. The van der Waals surface area contributed by atoms with Crippen LogP contribution in [0.4, 0.5) is 5.69 Å². The minimum absolute atomic E-state index is 0.226. The van der Waals surface area contributed by atoms with Crippen LogP contribution in [0.2, 0.25) is 0 Å². The van der Waals surface area contributed by atoms with Gasteiger partial charge in [0.25, 0.3) is 0 Å². The SMILES string of the molecule is COc1ccc(C)cc1N(C)C1CCC(ON)CC1. The fourth-order valence-electron chi connectivity index (χ4n) is 2.84. The van der Waals surface area contributed by atoms with Crippen molar-refractivity contribution in [3.8, 4) is 5.75 Å². The number of rotatable bonds is 4. The monoisotopic (exact) mass is 264 g/mol. The molecule has 2 rings (SSSR count). The second-order valence-electron chi connectivity index (χ2n) is 5.35. The Kier molecular flexibility index (Phi) is 4.66. The van der Waals surface area contributed by atoms with Crippen molar-refractivity contribution in [1.82, 2.24) is 0 Å². The third-order valence-corrected chi connectivity index (χ3v) is 4.10. The number of benzene rings is 1. The highest BCUT2D eigenvalue weighted by Gasteiger charge is 2.25. The fraction of sp³-hybridized carbons (Fsp3) is 0.600. The van der Waals surface area contributed by atoms with E-state index in [0.29, 0.717) is 6.04 Å². The van der Waals surface area contributed by atoms with Gasteiger partial charge in [-0.2, -0.15) is 0 Å². The van der Waals surface area contributed by atoms with Gasteiger partial charge < -0.3 is 14.5 Å². The van der Waals surface area contributed by atoms with Crippen LogP contribution in [-0.2, 0) is 4.84 Å². The molecule has 1 aromatic rings. The maximum Gasteiger partial charge on any atom is 0.142 e. The van der Waals surface area contributed by atoms with E-state index in [1.165, 1.54) is 11.3 Å². The summed E-state index contributed by atoms with van der Waals surface area (Å²) in [6, 6.07) is 6.83. The summed E-state index contributed by atoms with van der Waals surface area (Å²) in [6.07, 6.45) is 4.49. The first-order valence-corrected chi connectivity index (χ1v) is 6.88. The highest BCUT2D eigenvalue weighted by Crippen LogP contribution is 2.33. The summed E-state index contributed by atoms with van der Waals surface area (Å²) in [5, 5.41) is 0. The normalized spacial score (nSPS) is 23.2. The first-order valence-electron chi connectivity index (χ1n) is 6.88. The average molecular weight is 264 g/mol. The predicted molar refractivity (Wildman–Crippen MR) is 77.5 cm³/mol. The molecule has 1 fully saturated rings. The fourth-order valence-corrected chi connectivity index (χ4v) is 2.84. The minimum atomic E-state index is 0.226. The van der Waals surface area contributed by atoms with E-state index < -0.39 is 0 Å². The number of aryl methyl sites for hydroxylation is 1. The summed E-state index contributed by atoms with van der Waals surface area (Å²) >= 11 is 0. The molecule has 1 aliphatic carbocycles. The third kappa shape index (κ3) is 3.19. The van der Waals surface area contributed by atoms with Gasteiger partial charge in [-0.05, 0) is 50.3 Å². The topological polar surface area (TPSA) is 47.7 Å². The summed E-state index contributed by atoms with van der Waals surface area (Å²) in [5.41, 5.74) is 2.42. The van der Waals surface area contributed by atoms with Crippen LogP contribution in [0, 0.1) is 6.92 Å². The lowest BCUT2D eigenvalue weighted by Crippen LogP contribution is -2.37. The van der Waals surface area contributed by atoms with Crippen LogP contribution in [0.3, 0.4) is 0 Å².